The normalized spacial score (nSPS) is 27.4. The van der Waals surface area contributed by atoms with Gasteiger partial charge in [0.15, 0.2) is 0 Å². The van der Waals surface area contributed by atoms with Crippen LogP contribution < -0.4 is 5.32 Å². The van der Waals surface area contributed by atoms with Gasteiger partial charge in [0.25, 0.3) is 0 Å². The molecule has 1 heteroatoms. The Morgan fingerprint density at radius 1 is 1.21 bits per heavy atom. The van der Waals surface area contributed by atoms with Gasteiger partial charge in [0, 0.05) is 0 Å². The molecule has 1 saturated carbocycles. The second-order valence-electron chi connectivity index (χ2n) is 6.36. The highest BCUT2D eigenvalue weighted by molar-refractivity contribution is 5.22. The maximum atomic E-state index is 3.40. The van der Waals surface area contributed by atoms with Crippen molar-refractivity contribution in [1.29, 1.82) is 0 Å². The molecule has 0 spiro atoms. The number of hydrogen-bond donors (Lipinski definition) is 1. The van der Waals surface area contributed by atoms with E-state index in [1.807, 2.05) is 0 Å². The molecule has 0 amide bonds. The Balaban J connectivity index is 2.04. The first kappa shape index (κ1) is 14.6. The number of hydrogen-bond acceptors (Lipinski definition) is 1. The average molecular weight is 259 g/mol. The molecular weight excluding hydrogens is 230 g/mol. The Hall–Kier alpha value is -0.820. The first-order chi connectivity index (χ1) is 9.22. The molecule has 0 aromatic heterocycles. The highest BCUT2D eigenvalue weighted by Gasteiger charge is 2.29. The van der Waals surface area contributed by atoms with Gasteiger partial charge in [-0.2, -0.15) is 0 Å². The second-order valence-corrected chi connectivity index (χ2v) is 6.36. The Labute approximate surface area is 118 Å². The zero-order chi connectivity index (χ0) is 13.7. The van der Waals surface area contributed by atoms with Crippen LogP contribution in [0.15, 0.2) is 24.3 Å². The Bertz CT molecular complexity index is 385. The van der Waals surface area contributed by atoms with E-state index < -0.39 is 0 Å². The van der Waals surface area contributed by atoms with Gasteiger partial charge >= 0.3 is 0 Å². The summed E-state index contributed by atoms with van der Waals surface area (Å²) in [4.78, 5) is 0. The highest BCUT2D eigenvalue weighted by atomic mass is 14.8. The van der Waals surface area contributed by atoms with Crippen molar-refractivity contribution in [3.05, 3.63) is 35.4 Å². The van der Waals surface area contributed by atoms with Crippen LogP contribution >= 0.6 is 0 Å². The van der Waals surface area contributed by atoms with Crippen molar-refractivity contribution in [1.82, 2.24) is 5.32 Å². The molecule has 0 radical (unpaired) electrons. The van der Waals surface area contributed by atoms with Crippen molar-refractivity contribution in [3.8, 4) is 0 Å². The molecule has 1 aromatic rings. The third kappa shape index (κ3) is 4.07. The predicted octanol–water partition coefficient (Wildman–Crippen LogP) is 4.20. The lowest BCUT2D eigenvalue weighted by Crippen LogP contribution is -2.33. The minimum absolute atomic E-state index is 0.868. The monoisotopic (exact) mass is 259 g/mol. The number of nitrogens with one attached hydrogen (secondary N) is 1. The van der Waals surface area contributed by atoms with Crippen molar-refractivity contribution in [2.45, 2.75) is 46.0 Å². The molecule has 1 aliphatic carbocycles. The van der Waals surface area contributed by atoms with Gasteiger partial charge in [0.2, 0.25) is 0 Å². The molecule has 106 valence electrons. The summed E-state index contributed by atoms with van der Waals surface area (Å²) in [6.07, 6.45) is 6.90. The first-order valence-electron chi connectivity index (χ1n) is 7.93. The SMILES string of the molecule is CCC1CCC(CNC)C(Cc2cccc(C)c2)C1. The van der Waals surface area contributed by atoms with Crippen LogP contribution in [0, 0.1) is 24.7 Å². The Morgan fingerprint density at radius 3 is 2.74 bits per heavy atom. The van der Waals surface area contributed by atoms with Crippen LogP contribution in [-0.2, 0) is 6.42 Å². The largest absolute Gasteiger partial charge is 0.319 e. The molecule has 1 aliphatic rings. The minimum atomic E-state index is 0.868. The van der Waals surface area contributed by atoms with Crippen LogP contribution in [0.1, 0.15) is 43.7 Å². The number of rotatable bonds is 5. The smallest absolute Gasteiger partial charge is 0.00208 e. The molecule has 2 rings (SSSR count). The summed E-state index contributed by atoms with van der Waals surface area (Å²) >= 11 is 0. The van der Waals surface area contributed by atoms with E-state index in [1.54, 1.807) is 0 Å². The summed E-state index contributed by atoms with van der Waals surface area (Å²) in [5.41, 5.74) is 2.92. The fraction of sp³-hybridized carbons (Fsp3) is 0.667. The van der Waals surface area contributed by atoms with E-state index in [0.29, 0.717) is 0 Å². The summed E-state index contributed by atoms with van der Waals surface area (Å²) in [7, 11) is 2.09. The van der Waals surface area contributed by atoms with Crippen molar-refractivity contribution >= 4 is 0 Å². The third-order valence-electron chi connectivity index (χ3n) is 4.87. The van der Waals surface area contributed by atoms with E-state index in [0.717, 1.165) is 17.8 Å². The van der Waals surface area contributed by atoms with E-state index >= 15 is 0 Å². The van der Waals surface area contributed by atoms with Crippen molar-refractivity contribution in [2.75, 3.05) is 13.6 Å². The van der Waals surface area contributed by atoms with E-state index in [2.05, 4.69) is 50.5 Å². The molecule has 1 aromatic carbocycles. The van der Waals surface area contributed by atoms with Gasteiger partial charge < -0.3 is 5.32 Å². The maximum absolute atomic E-state index is 3.40. The van der Waals surface area contributed by atoms with Crippen LogP contribution in [0.4, 0.5) is 0 Å². The van der Waals surface area contributed by atoms with E-state index in [4.69, 9.17) is 0 Å². The van der Waals surface area contributed by atoms with Crippen LogP contribution in [0.25, 0.3) is 0 Å². The van der Waals surface area contributed by atoms with Crippen LogP contribution in [0.2, 0.25) is 0 Å². The summed E-state index contributed by atoms with van der Waals surface area (Å²) in [6.45, 7) is 5.74. The van der Waals surface area contributed by atoms with Crippen LogP contribution in [0.3, 0.4) is 0 Å². The Morgan fingerprint density at radius 2 is 2.05 bits per heavy atom. The molecule has 19 heavy (non-hydrogen) atoms. The highest BCUT2D eigenvalue weighted by Crippen LogP contribution is 2.37. The lowest BCUT2D eigenvalue weighted by atomic mass is 9.71. The van der Waals surface area contributed by atoms with Crippen molar-refractivity contribution in [2.24, 2.45) is 17.8 Å². The average Bonchev–Trinajstić information content (AvgIpc) is 2.41. The molecule has 0 heterocycles. The zero-order valence-corrected chi connectivity index (χ0v) is 12.8. The lowest BCUT2D eigenvalue weighted by molar-refractivity contribution is 0.173. The summed E-state index contributed by atoms with van der Waals surface area (Å²) < 4.78 is 0. The minimum Gasteiger partial charge on any atom is -0.319 e. The molecule has 3 unspecified atom stereocenters. The second kappa shape index (κ2) is 7.09. The van der Waals surface area contributed by atoms with Gasteiger partial charge in [-0.05, 0) is 63.1 Å². The van der Waals surface area contributed by atoms with Gasteiger partial charge in [-0.3, -0.25) is 0 Å². The van der Waals surface area contributed by atoms with Gasteiger partial charge in [-0.1, -0.05) is 49.6 Å². The number of aryl methyl sites for hydroxylation is 1. The standard InChI is InChI=1S/C18H29N/c1-4-15-8-9-17(13-19-3)18(11-15)12-16-7-5-6-14(2)10-16/h5-7,10,15,17-19H,4,8-9,11-13H2,1-3H3. The maximum Gasteiger partial charge on any atom is -0.00208 e. The van der Waals surface area contributed by atoms with E-state index in [1.165, 1.54) is 49.8 Å². The van der Waals surface area contributed by atoms with Crippen molar-refractivity contribution in [3.63, 3.8) is 0 Å². The molecule has 0 bridgehead atoms. The van der Waals surface area contributed by atoms with Gasteiger partial charge in [-0.15, -0.1) is 0 Å². The first-order valence-corrected chi connectivity index (χ1v) is 7.93. The predicted molar refractivity (Wildman–Crippen MR) is 83.4 cm³/mol. The van der Waals surface area contributed by atoms with Gasteiger partial charge in [0.05, 0.1) is 0 Å². The summed E-state index contributed by atoms with van der Waals surface area (Å²) in [6, 6.07) is 9.08. The third-order valence-corrected chi connectivity index (χ3v) is 4.87. The lowest BCUT2D eigenvalue weighted by Gasteiger charge is -2.36. The molecule has 1 fully saturated rings. The van der Waals surface area contributed by atoms with E-state index in [-0.39, 0.29) is 0 Å². The van der Waals surface area contributed by atoms with Crippen molar-refractivity contribution < 1.29 is 0 Å². The fourth-order valence-corrected chi connectivity index (χ4v) is 3.72. The van der Waals surface area contributed by atoms with Gasteiger partial charge in [-0.25, -0.2) is 0 Å². The zero-order valence-electron chi connectivity index (χ0n) is 12.8. The Kier molecular flexibility index (Phi) is 5.45. The molecule has 0 saturated heterocycles. The molecular formula is C18H29N. The van der Waals surface area contributed by atoms with Crippen LogP contribution in [0.5, 0.6) is 0 Å². The molecule has 1 N–H and O–H groups in total. The number of benzene rings is 1. The summed E-state index contributed by atoms with van der Waals surface area (Å²) in [5.74, 6) is 2.70. The van der Waals surface area contributed by atoms with Gasteiger partial charge in [0.1, 0.15) is 0 Å². The molecule has 3 atom stereocenters. The molecule has 0 aliphatic heterocycles. The van der Waals surface area contributed by atoms with Crippen LogP contribution in [-0.4, -0.2) is 13.6 Å². The fourth-order valence-electron chi connectivity index (χ4n) is 3.72. The quantitative estimate of drug-likeness (QED) is 0.835. The summed E-state index contributed by atoms with van der Waals surface area (Å²) in [5, 5.41) is 3.40. The van der Waals surface area contributed by atoms with E-state index in [9.17, 15) is 0 Å². The topological polar surface area (TPSA) is 12.0 Å². The molecule has 1 nitrogen and oxygen atoms in total.